The zero-order valence-corrected chi connectivity index (χ0v) is 16.7. The highest BCUT2D eigenvalue weighted by Gasteiger charge is 2.17. The quantitative estimate of drug-likeness (QED) is 0.727. The molecule has 1 aromatic heterocycles. The summed E-state index contributed by atoms with van der Waals surface area (Å²) < 4.78 is 1.22. The zero-order chi connectivity index (χ0) is 20.2. The molecule has 2 heterocycles. The van der Waals surface area contributed by atoms with Crippen LogP contribution in [0.1, 0.15) is 40.9 Å². The number of likely N-dealkylation sites (tertiary alicyclic amines) is 1. The monoisotopic (exact) mass is 390 g/mol. The van der Waals surface area contributed by atoms with Crippen molar-refractivity contribution in [2.45, 2.75) is 32.4 Å². The van der Waals surface area contributed by atoms with E-state index < -0.39 is 0 Å². The van der Waals surface area contributed by atoms with E-state index >= 15 is 0 Å². The molecule has 3 aromatic rings. The SMILES string of the molecule is Cn1nc(C(=O)NCc2ccccc2CN2CCCCC2)c2ccccc2c1=O. The third-order valence-corrected chi connectivity index (χ3v) is 5.57. The van der Waals surface area contributed by atoms with Gasteiger partial charge < -0.3 is 5.32 Å². The van der Waals surface area contributed by atoms with E-state index in [4.69, 9.17) is 0 Å². The minimum atomic E-state index is -0.274. The van der Waals surface area contributed by atoms with E-state index in [0.717, 1.165) is 25.2 Å². The molecule has 0 saturated carbocycles. The van der Waals surface area contributed by atoms with Crippen LogP contribution in [0.25, 0.3) is 10.8 Å². The van der Waals surface area contributed by atoms with Gasteiger partial charge in [-0.15, -0.1) is 0 Å². The predicted octanol–water partition coefficient (Wildman–Crippen LogP) is 2.85. The molecule has 6 heteroatoms. The lowest BCUT2D eigenvalue weighted by Crippen LogP contribution is -2.31. The Balaban J connectivity index is 1.53. The maximum Gasteiger partial charge on any atom is 0.274 e. The Morgan fingerprint density at radius 1 is 0.966 bits per heavy atom. The molecule has 1 fully saturated rings. The minimum Gasteiger partial charge on any atom is -0.347 e. The van der Waals surface area contributed by atoms with Gasteiger partial charge in [-0.05, 0) is 43.1 Å². The summed E-state index contributed by atoms with van der Waals surface area (Å²) in [5, 5.41) is 8.29. The largest absolute Gasteiger partial charge is 0.347 e. The Morgan fingerprint density at radius 2 is 1.62 bits per heavy atom. The standard InChI is InChI=1S/C23H26N4O2/c1-26-23(29)20-12-6-5-11-19(20)21(25-26)22(28)24-15-17-9-3-4-10-18(17)16-27-13-7-2-8-14-27/h3-6,9-12H,2,7-8,13-16H2,1H3,(H,24,28). The topological polar surface area (TPSA) is 67.2 Å². The van der Waals surface area contributed by atoms with Gasteiger partial charge in [-0.25, -0.2) is 4.68 Å². The van der Waals surface area contributed by atoms with Gasteiger partial charge in [0.2, 0.25) is 0 Å². The van der Waals surface area contributed by atoms with Crippen molar-refractivity contribution in [2.75, 3.05) is 13.1 Å². The molecule has 1 aliphatic rings. The summed E-state index contributed by atoms with van der Waals surface area (Å²) in [7, 11) is 1.57. The summed E-state index contributed by atoms with van der Waals surface area (Å²) >= 11 is 0. The second-order valence-electron chi connectivity index (χ2n) is 7.61. The van der Waals surface area contributed by atoms with E-state index in [0.29, 0.717) is 17.3 Å². The van der Waals surface area contributed by atoms with Gasteiger partial charge in [0, 0.05) is 25.5 Å². The van der Waals surface area contributed by atoms with Crippen molar-refractivity contribution in [1.82, 2.24) is 20.0 Å². The van der Waals surface area contributed by atoms with E-state index in [-0.39, 0.29) is 17.2 Å². The summed E-state index contributed by atoms with van der Waals surface area (Å²) in [5.74, 6) is -0.274. The normalized spacial score (nSPS) is 14.8. The molecule has 1 saturated heterocycles. The third-order valence-electron chi connectivity index (χ3n) is 5.57. The lowest BCUT2D eigenvalue weighted by Gasteiger charge is -2.27. The average molecular weight is 390 g/mol. The fraction of sp³-hybridized carbons (Fsp3) is 0.348. The Morgan fingerprint density at radius 3 is 2.38 bits per heavy atom. The number of carbonyl (C=O) groups excluding carboxylic acids is 1. The minimum absolute atomic E-state index is 0.205. The molecule has 29 heavy (non-hydrogen) atoms. The van der Waals surface area contributed by atoms with E-state index in [9.17, 15) is 9.59 Å². The van der Waals surface area contributed by atoms with Crippen LogP contribution in [0.2, 0.25) is 0 Å². The second-order valence-corrected chi connectivity index (χ2v) is 7.61. The van der Waals surface area contributed by atoms with Gasteiger partial charge in [-0.2, -0.15) is 5.10 Å². The van der Waals surface area contributed by atoms with Crippen LogP contribution >= 0.6 is 0 Å². The number of amides is 1. The number of hydrogen-bond acceptors (Lipinski definition) is 4. The molecule has 150 valence electrons. The first kappa shape index (κ1) is 19.3. The van der Waals surface area contributed by atoms with E-state index in [1.165, 1.54) is 29.5 Å². The fourth-order valence-corrected chi connectivity index (χ4v) is 3.97. The van der Waals surface area contributed by atoms with Gasteiger partial charge in [0.1, 0.15) is 0 Å². The molecular formula is C23H26N4O2. The summed E-state index contributed by atoms with van der Waals surface area (Å²) in [5.41, 5.74) is 2.42. The van der Waals surface area contributed by atoms with E-state index in [1.54, 1.807) is 25.2 Å². The molecule has 4 rings (SSSR count). The summed E-state index contributed by atoms with van der Waals surface area (Å²) in [6, 6.07) is 15.3. The third kappa shape index (κ3) is 4.22. The van der Waals surface area contributed by atoms with Gasteiger partial charge in [0.05, 0.1) is 5.39 Å². The van der Waals surface area contributed by atoms with Crippen LogP contribution in [0.4, 0.5) is 0 Å². The highest BCUT2D eigenvalue weighted by molar-refractivity contribution is 6.04. The molecule has 1 aliphatic heterocycles. The van der Waals surface area contributed by atoms with Crippen LogP contribution in [-0.4, -0.2) is 33.7 Å². The van der Waals surface area contributed by atoms with Gasteiger partial charge in [-0.1, -0.05) is 48.9 Å². The van der Waals surface area contributed by atoms with Crippen molar-refractivity contribution in [3.8, 4) is 0 Å². The van der Waals surface area contributed by atoms with Crippen LogP contribution in [-0.2, 0) is 20.1 Å². The maximum absolute atomic E-state index is 12.9. The van der Waals surface area contributed by atoms with E-state index in [1.807, 2.05) is 18.2 Å². The highest BCUT2D eigenvalue weighted by atomic mass is 16.2. The molecular weight excluding hydrogens is 364 g/mol. The molecule has 1 amide bonds. The summed E-state index contributed by atoms with van der Waals surface area (Å²) in [6.07, 6.45) is 3.82. The molecule has 0 spiro atoms. The molecule has 0 aliphatic carbocycles. The molecule has 1 N–H and O–H groups in total. The van der Waals surface area contributed by atoms with Crippen LogP contribution < -0.4 is 10.9 Å². The zero-order valence-electron chi connectivity index (χ0n) is 16.7. The molecule has 0 bridgehead atoms. The highest BCUT2D eigenvalue weighted by Crippen LogP contribution is 2.17. The fourth-order valence-electron chi connectivity index (χ4n) is 3.97. The number of nitrogens with zero attached hydrogens (tertiary/aromatic N) is 3. The maximum atomic E-state index is 12.9. The summed E-state index contributed by atoms with van der Waals surface area (Å²) in [4.78, 5) is 27.7. The number of aryl methyl sites for hydroxylation is 1. The van der Waals surface area contributed by atoms with E-state index in [2.05, 4.69) is 27.4 Å². The smallest absolute Gasteiger partial charge is 0.274 e. The number of nitrogens with one attached hydrogen (secondary N) is 1. The number of rotatable bonds is 5. The lowest BCUT2D eigenvalue weighted by atomic mass is 10.0. The van der Waals surface area contributed by atoms with Crippen molar-refractivity contribution in [3.63, 3.8) is 0 Å². The van der Waals surface area contributed by atoms with Crippen LogP contribution in [0.3, 0.4) is 0 Å². The Hall–Kier alpha value is -2.99. The van der Waals surface area contributed by atoms with Crippen LogP contribution in [0, 0.1) is 0 Å². The van der Waals surface area contributed by atoms with Crippen molar-refractivity contribution in [2.24, 2.45) is 7.05 Å². The van der Waals surface area contributed by atoms with Crippen molar-refractivity contribution in [3.05, 3.63) is 75.7 Å². The summed E-state index contributed by atoms with van der Waals surface area (Å²) in [6.45, 7) is 3.61. The first-order valence-electron chi connectivity index (χ1n) is 10.2. The molecule has 0 atom stereocenters. The number of carbonyl (C=O) groups is 1. The molecule has 0 radical (unpaired) electrons. The first-order chi connectivity index (χ1) is 14.1. The second kappa shape index (κ2) is 8.57. The van der Waals surface area contributed by atoms with Gasteiger partial charge in [0.15, 0.2) is 5.69 Å². The number of hydrogen-bond donors (Lipinski definition) is 1. The Kier molecular flexibility index (Phi) is 5.71. The van der Waals surface area contributed by atoms with Gasteiger partial charge in [-0.3, -0.25) is 14.5 Å². The van der Waals surface area contributed by atoms with Crippen molar-refractivity contribution < 1.29 is 4.79 Å². The van der Waals surface area contributed by atoms with Crippen molar-refractivity contribution in [1.29, 1.82) is 0 Å². The number of benzene rings is 2. The number of piperidine rings is 1. The number of fused-ring (bicyclic) bond motifs is 1. The van der Waals surface area contributed by atoms with Crippen molar-refractivity contribution >= 4 is 16.7 Å². The molecule has 2 aromatic carbocycles. The van der Waals surface area contributed by atoms with Gasteiger partial charge >= 0.3 is 0 Å². The van der Waals surface area contributed by atoms with Gasteiger partial charge in [0.25, 0.3) is 11.5 Å². The lowest BCUT2D eigenvalue weighted by molar-refractivity contribution is 0.0945. The Labute approximate surface area is 170 Å². The first-order valence-corrected chi connectivity index (χ1v) is 10.2. The predicted molar refractivity (Wildman–Crippen MR) is 114 cm³/mol. The van der Waals surface area contributed by atoms with Crippen LogP contribution in [0.15, 0.2) is 53.3 Å². The van der Waals surface area contributed by atoms with Crippen LogP contribution in [0.5, 0.6) is 0 Å². The molecule has 6 nitrogen and oxygen atoms in total. The number of aromatic nitrogens is 2. The molecule has 0 unspecified atom stereocenters. The average Bonchev–Trinajstić information content (AvgIpc) is 2.76. The Bertz CT molecular complexity index is 1080.